The second-order valence-electron chi connectivity index (χ2n) is 13.7. The minimum atomic E-state index is -3.64. The molecular formula is C33H59N7O6S. The molecule has 0 aromatic carbocycles. The average molecular weight is 682 g/mol. The molecule has 2 fully saturated rings. The van der Waals surface area contributed by atoms with Crippen molar-refractivity contribution in [2.45, 2.75) is 117 Å². The molecule has 2 rings (SSSR count). The summed E-state index contributed by atoms with van der Waals surface area (Å²) >= 11 is 0. The quantitative estimate of drug-likeness (QED) is 0.129. The molecule has 0 bridgehead atoms. The molecule has 4 N–H and O–H groups in total. The van der Waals surface area contributed by atoms with Crippen LogP contribution in [-0.4, -0.2) is 109 Å². The third-order valence-electron chi connectivity index (χ3n) is 8.60. The van der Waals surface area contributed by atoms with Crippen LogP contribution in [0.15, 0.2) is 24.8 Å². The Bertz CT molecular complexity index is 1200. The SMILES string of the molecule is C=CCNC(=O)[C@H](CC/C=C\CCCCC)NC(=O)[C@@H]1CCCN1C(=O)CNC(=O)NC(CN1CCN(C(C)C)S1(=O)=O)C(C)(C)C. The van der Waals surface area contributed by atoms with Crippen molar-refractivity contribution >= 4 is 34.0 Å². The first-order valence-electron chi connectivity index (χ1n) is 17.1. The second kappa shape index (κ2) is 19.1. The predicted octanol–water partition coefficient (Wildman–Crippen LogP) is 2.67. The number of urea groups is 1. The molecule has 0 aliphatic carbocycles. The van der Waals surface area contributed by atoms with Crippen LogP contribution in [0.1, 0.15) is 92.9 Å². The zero-order chi connectivity index (χ0) is 35.2. The van der Waals surface area contributed by atoms with E-state index in [1.165, 1.54) is 19.9 Å². The van der Waals surface area contributed by atoms with Crippen LogP contribution in [0.4, 0.5) is 4.79 Å². The summed E-state index contributed by atoms with van der Waals surface area (Å²) in [6, 6.07) is -2.80. The van der Waals surface area contributed by atoms with Gasteiger partial charge in [-0.2, -0.15) is 17.0 Å². The first-order valence-corrected chi connectivity index (χ1v) is 18.5. The van der Waals surface area contributed by atoms with Gasteiger partial charge in [0.1, 0.15) is 12.1 Å². The molecule has 0 saturated carbocycles. The molecule has 2 saturated heterocycles. The molecule has 2 aliphatic heterocycles. The molecule has 5 amide bonds. The summed E-state index contributed by atoms with van der Waals surface area (Å²) in [4.78, 5) is 53.8. The summed E-state index contributed by atoms with van der Waals surface area (Å²) in [5.74, 6) is -1.12. The molecule has 47 heavy (non-hydrogen) atoms. The Balaban J connectivity index is 1.97. The van der Waals surface area contributed by atoms with Crippen molar-refractivity contribution in [2.75, 3.05) is 39.3 Å². The molecule has 0 radical (unpaired) electrons. The van der Waals surface area contributed by atoms with Crippen LogP contribution in [0.3, 0.4) is 0 Å². The number of unbranched alkanes of at least 4 members (excludes halogenated alkanes) is 3. The van der Waals surface area contributed by atoms with Gasteiger partial charge in [0.15, 0.2) is 0 Å². The minimum Gasteiger partial charge on any atom is -0.351 e. The van der Waals surface area contributed by atoms with Gasteiger partial charge in [-0.1, -0.05) is 58.8 Å². The normalized spacial score (nSPS) is 19.9. The Morgan fingerprint density at radius 3 is 2.30 bits per heavy atom. The van der Waals surface area contributed by atoms with E-state index in [4.69, 9.17) is 0 Å². The van der Waals surface area contributed by atoms with Crippen LogP contribution < -0.4 is 21.3 Å². The van der Waals surface area contributed by atoms with Crippen molar-refractivity contribution in [1.82, 2.24) is 34.8 Å². The first kappa shape index (κ1) is 40.2. The van der Waals surface area contributed by atoms with E-state index in [1.807, 2.05) is 40.7 Å². The molecule has 268 valence electrons. The van der Waals surface area contributed by atoms with E-state index in [9.17, 15) is 27.6 Å². The Labute approximate surface area is 282 Å². The fraction of sp³-hybridized carbons (Fsp3) is 0.758. The molecule has 0 aromatic rings. The van der Waals surface area contributed by atoms with Crippen LogP contribution >= 0.6 is 0 Å². The lowest BCUT2D eigenvalue weighted by molar-refractivity contribution is -0.138. The fourth-order valence-corrected chi connectivity index (χ4v) is 7.48. The number of hydrogen-bond acceptors (Lipinski definition) is 6. The van der Waals surface area contributed by atoms with E-state index >= 15 is 0 Å². The molecule has 3 atom stereocenters. The highest BCUT2D eigenvalue weighted by molar-refractivity contribution is 7.87. The van der Waals surface area contributed by atoms with E-state index in [0.717, 1.165) is 19.3 Å². The van der Waals surface area contributed by atoms with Gasteiger partial charge in [-0.3, -0.25) is 14.4 Å². The molecule has 0 aromatic heterocycles. The molecule has 13 nitrogen and oxygen atoms in total. The number of nitrogens with one attached hydrogen (secondary N) is 4. The topological polar surface area (TPSA) is 160 Å². The number of likely N-dealkylation sites (tertiary alicyclic amines) is 1. The minimum absolute atomic E-state index is 0.0982. The van der Waals surface area contributed by atoms with Crippen molar-refractivity contribution in [3.63, 3.8) is 0 Å². The second-order valence-corrected chi connectivity index (χ2v) is 15.6. The lowest BCUT2D eigenvalue weighted by Gasteiger charge is -2.34. The number of carbonyl (C=O) groups excluding carboxylic acids is 4. The summed E-state index contributed by atoms with van der Waals surface area (Å²) in [5.41, 5.74) is -0.473. The number of allylic oxidation sites excluding steroid dienone is 2. The largest absolute Gasteiger partial charge is 0.351 e. The summed E-state index contributed by atoms with van der Waals surface area (Å²) in [6.45, 7) is 16.3. The Kier molecular flexibility index (Phi) is 16.4. The molecule has 14 heteroatoms. The monoisotopic (exact) mass is 681 g/mol. The molecule has 2 heterocycles. The standard InChI is InChI=1S/C33H59N7O6S/c1-8-10-11-12-13-14-15-17-26(30(42)34-19-9-2)36-31(43)27-18-16-20-39(27)29(41)23-35-32(44)37-28(33(5,6)7)24-38-21-22-40(25(3)4)47(38,45)46/h9,13-14,25-28H,2,8,10-12,15-24H2,1,3-7H3,(H,34,42)(H,36,43)(H2,35,37,44)/b14-13-/t26-,27-,28?/m0/s1. The number of amides is 5. The Morgan fingerprint density at radius 1 is 0.979 bits per heavy atom. The van der Waals surface area contributed by atoms with Gasteiger partial charge in [0.05, 0.1) is 6.54 Å². The zero-order valence-corrected chi connectivity index (χ0v) is 30.2. The van der Waals surface area contributed by atoms with Gasteiger partial charge < -0.3 is 26.2 Å². The Hall–Kier alpha value is -2.97. The average Bonchev–Trinajstić information content (AvgIpc) is 3.61. The smallest absolute Gasteiger partial charge is 0.315 e. The lowest BCUT2D eigenvalue weighted by Crippen LogP contribution is -2.56. The third-order valence-corrected chi connectivity index (χ3v) is 10.8. The maximum absolute atomic E-state index is 13.4. The van der Waals surface area contributed by atoms with Crippen molar-refractivity contribution in [3.05, 3.63) is 24.8 Å². The Morgan fingerprint density at radius 2 is 1.68 bits per heavy atom. The van der Waals surface area contributed by atoms with E-state index < -0.39 is 51.6 Å². The van der Waals surface area contributed by atoms with Gasteiger partial charge in [0, 0.05) is 44.8 Å². The molecule has 1 unspecified atom stereocenters. The molecule has 2 aliphatic rings. The van der Waals surface area contributed by atoms with Gasteiger partial charge in [0.25, 0.3) is 10.2 Å². The van der Waals surface area contributed by atoms with Gasteiger partial charge in [-0.25, -0.2) is 4.79 Å². The first-order chi connectivity index (χ1) is 22.1. The van der Waals surface area contributed by atoms with Crippen molar-refractivity contribution in [3.8, 4) is 0 Å². The highest BCUT2D eigenvalue weighted by Gasteiger charge is 2.41. The highest BCUT2D eigenvalue weighted by Crippen LogP contribution is 2.25. The van der Waals surface area contributed by atoms with Crippen molar-refractivity contribution in [1.29, 1.82) is 0 Å². The summed E-state index contributed by atoms with van der Waals surface area (Å²) in [7, 11) is -3.64. The number of carbonyl (C=O) groups is 4. The number of hydrogen-bond donors (Lipinski definition) is 4. The van der Waals surface area contributed by atoms with Crippen LogP contribution in [0.5, 0.6) is 0 Å². The van der Waals surface area contributed by atoms with Crippen molar-refractivity contribution < 1.29 is 27.6 Å². The van der Waals surface area contributed by atoms with E-state index in [0.29, 0.717) is 45.3 Å². The third kappa shape index (κ3) is 12.5. The van der Waals surface area contributed by atoms with Crippen LogP contribution in [0.2, 0.25) is 0 Å². The van der Waals surface area contributed by atoms with E-state index in [2.05, 4.69) is 40.8 Å². The van der Waals surface area contributed by atoms with Crippen LogP contribution in [0, 0.1) is 5.41 Å². The van der Waals surface area contributed by atoms with Crippen LogP contribution in [-0.2, 0) is 24.6 Å². The number of rotatable bonds is 18. The lowest BCUT2D eigenvalue weighted by atomic mass is 9.86. The van der Waals surface area contributed by atoms with Crippen molar-refractivity contribution in [2.24, 2.45) is 5.41 Å². The van der Waals surface area contributed by atoms with E-state index in [-0.39, 0.29) is 31.6 Å². The molecule has 0 spiro atoms. The highest BCUT2D eigenvalue weighted by atomic mass is 32.2. The van der Waals surface area contributed by atoms with Crippen LogP contribution in [0.25, 0.3) is 0 Å². The summed E-state index contributed by atoms with van der Waals surface area (Å²) in [6.07, 6.45) is 12.2. The summed E-state index contributed by atoms with van der Waals surface area (Å²) in [5, 5.41) is 11.1. The van der Waals surface area contributed by atoms with Gasteiger partial charge in [-0.05, 0) is 57.8 Å². The zero-order valence-electron chi connectivity index (χ0n) is 29.3. The maximum atomic E-state index is 13.4. The summed E-state index contributed by atoms with van der Waals surface area (Å²) < 4.78 is 28.8. The fourth-order valence-electron chi connectivity index (χ4n) is 5.69. The predicted molar refractivity (Wildman–Crippen MR) is 185 cm³/mol. The number of nitrogens with zero attached hydrogens (tertiary/aromatic N) is 3. The van der Waals surface area contributed by atoms with Gasteiger partial charge >= 0.3 is 6.03 Å². The van der Waals surface area contributed by atoms with E-state index in [1.54, 1.807) is 6.08 Å². The van der Waals surface area contributed by atoms with Gasteiger partial charge in [0.2, 0.25) is 17.7 Å². The maximum Gasteiger partial charge on any atom is 0.315 e. The molecular weight excluding hydrogens is 622 g/mol. The van der Waals surface area contributed by atoms with Gasteiger partial charge in [-0.15, -0.1) is 6.58 Å².